The fourth-order valence-corrected chi connectivity index (χ4v) is 3.01. The van der Waals surface area contributed by atoms with Crippen LogP contribution in [0, 0.1) is 0 Å². The summed E-state index contributed by atoms with van der Waals surface area (Å²) in [5.74, 6) is 1.96. The Kier molecular flexibility index (Phi) is 4.78. The number of halogens is 1. The fraction of sp³-hybridized carbons (Fsp3) is 0.294. The molecule has 0 amide bonds. The highest BCUT2D eigenvalue weighted by molar-refractivity contribution is 9.10. The quantitative estimate of drug-likeness (QED) is 0.810. The predicted octanol–water partition coefficient (Wildman–Crippen LogP) is 3.55. The van der Waals surface area contributed by atoms with Crippen LogP contribution in [0.25, 0.3) is 0 Å². The van der Waals surface area contributed by atoms with Crippen molar-refractivity contribution in [2.45, 2.75) is 13.0 Å². The average Bonchev–Trinajstić information content (AvgIpc) is 2.96. The zero-order valence-corrected chi connectivity index (χ0v) is 13.4. The maximum Gasteiger partial charge on any atom is 0.127 e. The minimum absolute atomic E-state index is 0.654. The fourth-order valence-electron chi connectivity index (χ4n) is 2.46. The van der Waals surface area contributed by atoms with Crippen molar-refractivity contribution in [1.29, 1.82) is 0 Å². The SMILES string of the molecule is Brc1cc2c(c(CNCCOc3ccccc3)c1)OCC2. The molecule has 0 fully saturated rings. The van der Waals surface area contributed by atoms with Gasteiger partial charge in [0.15, 0.2) is 0 Å². The van der Waals surface area contributed by atoms with E-state index in [0.29, 0.717) is 6.61 Å². The largest absolute Gasteiger partial charge is 0.493 e. The van der Waals surface area contributed by atoms with E-state index in [-0.39, 0.29) is 0 Å². The number of benzene rings is 2. The van der Waals surface area contributed by atoms with E-state index in [9.17, 15) is 0 Å². The third kappa shape index (κ3) is 3.77. The zero-order chi connectivity index (χ0) is 14.5. The van der Waals surface area contributed by atoms with Crippen LogP contribution in [0.5, 0.6) is 11.5 Å². The molecule has 0 bridgehead atoms. The number of rotatable bonds is 6. The summed E-state index contributed by atoms with van der Waals surface area (Å²) in [5.41, 5.74) is 2.50. The topological polar surface area (TPSA) is 30.5 Å². The van der Waals surface area contributed by atoms with Gasteiger partial charge in [-0.15, -0.1) is 0 Å². The number of nitrogens with one attached hydrogen (secondary N) is 1. The normalized spacial score (nSPS) is 12.8. The highest BCUT2D eigenvalue weighted by Crippen LogP contribution is 2.32. The first-order valence-electron chi connectivity index (χ1n) is 7.15. The first-order chi connectivity index (χ1) is 10.3. The van der Waals surface area contributed by atoms with Gasteiger partial charge in [0.05, 0.1) is 6.61 Å². The Morgan fingerprint density at radius 3 is 2.90 bits per heavy atom. The molecule has 1 heterocycles. The molecule has 0 spiro atoms. The standard InChI is InChI=1S/C17H18BrNO2/c18-15-10-13-6-8-21-17(13)14(11-15)12-19-7-9-20-16-4-2-1-3-5-16/h1-5,10-11,19H,6-9,12H2. The molecule has 0 saturated carbocycles. The summed E-state index contributed by atoms with van der Waals surface area (Å²) in [6.45, 7) is 3.03. The van der Waals surface area contributed by atoms with Gasteiger partial charge >= 0.3 is 0 Å². The van der Waals surface area contributed by atoms with E-state index in [2.05, 4.69) is 33.4 Å². The molecule has 0 unspecified atom stereocenters. The molecule has 1 N–H and O–H groups in total. The minimum Gasteiger partial charge on any atom is -0.493 e. The summed E-state index contributed by atoms with van der Waals surface area (Å²) < 4.78 is 12.5. The van der Waals surface area contributed by atoms with E-state index in [1.807, 2.05) is 30.3 Å². The monoisotopic (exact) mass is 347 g/mol. The Balaban J connectivity index is 1.48. The molecule has 3 nitrogen and oxygen atoms in total. The van der Waals surface area contributed by atoms with Crippen molar-refractivity contribution >= 4 is 15.9 Å². The third-order valence-electron chi connectivity index (χ3n) is 3.43. The Morgan fingerprint density at radius 2 is 2.05 bits per heavy atom. The van der Waals surface area contributed by atoms with Crippen LogP contribution in [-0.4, -0.2) is 19.8 Å². The molecule has 3 rings (SSSR count). The van der Waals surface area contributed by atoms with Gasteiger partial charge in [-0.2, -0.15) is 0 Å². The molecule has 0 aromatic heterocycles. The van der Waals surface area contributed by atoms with Gasteiger partial charge in [-0.3, -0.25) is 0 Å². The summed E-state index contributed by atoms with van der Waals surface area (Å²) in [6.07, 6.45) is 0.999. The number of fused-ring (bicyclic) bond motifs is 1. The van der Waals surface area contributed by atoms with Crippen molar-refractivity contribution in [2.24, 2.45) is 0 Å². The lowest BCUT2D eigenvalue weighted by Crippen LogP contribution is -2.20. The average molecular weight is 348 g/mol. The van der Waals surface area contributed by atoms with E-state index in [1.165, 1.54) is 11.1 Å². The van der Waals surface area contributed by atoms with Crippen LogP contribution < -0.4 is 14.8 Å². The van der Waals surface area contributed by atoms with Gasteiger partial charge in [-0.05, 0) is 29.8 Å². The van der Waals surface area contributed by atoms with Crippen LogP contribution in [0.4, 0.5) is 0 Å². The molecule has 4 heteroatoms. The molecule has 0 aliphatic carbocycles. The number of hydrogen-bond acceptors (Lipinski definition) is 3. The van der Waals surface area contributed by atoms with Gasteiger partial charge in [0, 0.05) is 29.5 Å². The van der Waals surface area contributed by atoms with Crippen LogP contribution in [0.15, 0.2) is 46.9 Å². The number of ether oxygens (including phenoxy) is 2. The summed E-state index contributed by atoms with van der Waals surface area (Å²) >= 11 is 3.56. The van der Waals surface area contributed by atoms with Gasteiger partial charge in [0.25, 0.3) is 0 Å². The van der Waals surface area contributed by atoms with Crippen LogP contribution in [0.3, 0.4) is 0 Å². The maximum atomic E-state index is 5.72. The second-order valence-corrected chi connectivity index (χ2v) is 5.91. The molecule has 0 saturated heterocycles. The molecular weight excluding hydrogens is 330 g/mol. The van der Waals surface area contributed by atoms with E-state index in [4.69, 9.17) is 9.47 Å². The Labute approximate surface area is 133 Å². The Bertz CT molecular complexity index is 601. The summed E-state index contributed by atoms with van der Waals surface area (Å²) in [6, 6.07) is 14.1. The Morgan fingerprint density at radius 1 is 1.19 bits per heavy atom. The molecule has 1 aliphatic heterocycles. The summed E-state index contributed by atoms with van der Waals surface area (Å²) in [4.78, 5) is 0. The van der Waals surface area contributed by atoms with Gasteiger partial charge in [-0.25, -0.2) is 0 Å². The minimum atomic E-state index is 0.654. The first-order valence-corrected chi connectivity index (χ1v) is 7.95. The highest BCUT2D eigenvalue weighted by atomic mass is 79.9. The molecule has 1 aliphatic rings. The highest BCUT2D eigenvalue weighted by Gasteiger charge is 2.16. The van der Waals surface area contributed by atoms with E-state index >= 15 is 0 Å². The van der Waals surface area contributed by atoms with Crippen molar-refractivity contribution in [3.63, 3.8) is 0 Å². The van der Waals surface area contributed by atoms with Crippen molar-refractivity contribution in [1.82, 2.24) is 5.32 Å². The predicted molar refractivity (Wildman–Crippen MR) is 87.0 cm³/mol. The molecule has 21 heavy (non-hydrogen) atoms. The van der Waals surface area contributed by atoms with E-state index in [1.54, 1.807) is 0 Å². The van der Waals surface area contributed by atoms with Crippen molar-refractivity contribution in [3.05, 3.63) is 58.1 Å². The van der Waals surface area contributed by atoms with E-state index in [0.717, 1.165) is 42.1 Å². The van der Waals surface area contributed by atoms with Gasteiger partial charge < -0.3 is 14.8 Å². The molecule has 2 aromatic rings. The molecule has 2 aromatic carbocycles. The van der Waals surface area contributed by atoms with Gasteiger partial charge in [-0.1, -0.05) is 34.1 Å². The second kappa shape index (κ2) is 6.96. The van der Waals surface area contributed by atoms with Crippen molar-refractivity contribution < 1.29 is 9.47 Å². The smallest absolute Gasteiger partial charge is 0.127 e. The van der Waals surface area contributed by atoms with Crippen LogP contribution in [0.2, 0.25) is 0 Å². The van der Waals surface area contributed by atoms with Crippen LogP contribution in [0.1, 0.15) is 11.1 Å². The second-order valence-electron chi connectivity index (χ2n) is 4.99. The lowest BCUT2D eigenvalue weighted by atomic mass is 10.1. The Hall–Kier alpha value is -1.52. The third-order valence-corrected chi connectivity index (χ3v) is 3.89. The van der Waals surface area contributed by atoms with Gasteiger partial charge in [0.1, 0.15) is 18.1 Å². The maximum absolute atomic E-state index is 5.72. The van der Waals surface area contributed by atoms with Gasteiger partial charge in [0.2, 0.25) is 0 Å². The van der Waals surface area contributed by atoms with E-state index < -0.39 is 0 Å². The summed E-state index contributed by atoms with van der Waals surface area (Å²) in [5, 5.41) is 3.40. The summed E-state index contributed by atoms with van der Waals surface area (Å²) in [7, 11) is 0. The van der Waals surface area contributed by atoms with Crippen LogP contribution >= 0.6 is 15.9 Å². The van der Waals surface area contributed by atoms with Crippen molar-refractivity contribution in [2.75, 3.05) is 19.8 Å². The van der Waals surface area contributed by atoms with Crippen LogP contribution in [-0.2, 0) is 13.0 Å². The zero-order valence-electron chi connectivity index (χ0n) is 11.8. The molecule has 0 atom stereocenters. The van der Waals surface area contributed by atoms with Crippen molar-refractivity contribution in [3.8, 4) is 11.5 Å². The first kappa shape index (κ1) is 14.4. The lowest BCUT2D eigenvalue weighted by molar-refractivity contribution is 0.312. The molecular formula is C17H18BrNO2. The number of hydrogen-bond donors (Lipinski definition) is 1. The molecule has 110 valence electrons. The molecule has 0 radical (unpaired) electrons. The lowest BCUT2D eigenvalue weighted by Gasteiger charge is -2.11. The number of para-hydroxylation sites is 1.